The Morgan fingerprint density at radius 3 is 1.59 bits per heavy atom. The van der Waals surface area contributed by atoms with Crippen molar-refractivity contribution in [2.45, 2.75) is 38.3 Å². The molecule has 10 heteroatoms. The average molecular weight is 318 g/mol. The number of esters is 2. The van der Waals surface area contributed by atoms with Gasteiger partial charge < -0.3 is 28.4 Å². The smallest absolute Gasteiger partial charge is 0.431 e. The number of hydrogen-bond donors (Lipinski definition) is 0. The molecular weight excluding hydrogens is 304 g/mol. The van der Waals surface area contributed by atoms with Gasteiger partial charge >= 0.3 is 24.2 Å². The second kappa shape index (κ2) is 7.48. The van der Waals surface area contributed by atoms with Crippen molar-refractivity contribution >= 4 is 24.2 Å². The SMILES string of the molecule is O=C1CCC(OC(=O)OCCOC(=O)OC2CCC(=O)O2)O1. The van der Waals surface area contributed by atoms with Gasteiger partial charge in [0.15, 0.2) is 0 Å². The highest BCUT2D eigenvalue weighted by Crippen LogP contribution is 2.16. The Balaban J connectivity index is 1.51. The van der Waals surface area contributed by atoms with Gasteiger partial charge in [-0.05, 0) is 0 Å². The molecule has 2 atom stereocenters. The van der Waals surface area contributed by atoms with E-state index < -0.39 is 36.8 Å². The maximum atomic E-state index is 11.2. The van der Waals surface area contributed by atoms with Gasteiger partial charge in [0.05, 0.1) is 12.8 Å². The molecule has 2 rings (SSSR count). The Morgan fingerprint density at radius 1 is 0.864 bits per heavy atom. The lowest BCUT2D eigenvalue weighted by Gasteiger charge is -2.12. The van der Waals surface area contributed by atoms with E-state index in [1.807, 2.05) is 0 Å². The minimum absolute atomic E-state index is 0.179. The van der Waals surface area contributed by atoms with Gasteiger partial charge in [0.2, 0.25) is 0 Å². The summed E-state index contributed by atoms with van der Waals surface area (Å²) >= 11 is 0. The van der Waals surface area contributed by atoms with Crippen LogP contribution < -0.4 is 0 Å². The van der Waals surface area contributed by atoms with E-state index in [1.165, 1.54) is 0 Å². The van der Waals surface area contributed by atoms with E-state index in [-0.39, 0.29) is 38.9 Å². The van der Waals surface area contributed by atoms with E-state index in [1.54, 1.807) is 0 Å². The van der Waals surface area contributed by atoms with Crippen LogP contribution in [0, 0.1) is 0 Å². The minimum Gasteiger partial charge on any atom is -0.431 e. The van der Waals surface area contributed by atoms with Crippen LogP contribution >= 0.6 is 0 Å². The van der Waals surface area contributed by atoms with E-state index in [0.29, 0.717) is 0 Å². The van der Waals surface area contributed by atoms with Crippen LogP contribution in [0.15, 0.2) is 0 Å². The van der Waals surface area contributed by atoms with Gasteiger partial charge in [-0.25, -0.2) is 9.59 Å². The van der Waals surface area contributed by atoms with Crippen LogP contribution in [0.2, 0.25) is 0 Å². The predicted octanol–water partition coefficient (Wildman–Crippen LogP) is 0.619. The van der Waals surface area contributed by atoms with Gasteiger partial charge in [0.25, 0.3) is 12.6 Å². The summed E-state index contributed by atoms with van der Waals surface area (Å²) in [6.45, 7) is -0.530. The van der Waals surface area contributed by atoms with Gasteiger partial charge in [-0.2, -0.15) is 0 Å². The molecule has 0 amide bonds. The van der Waals surface area contributed by atoms with Gasteiger partial charge in [0, 0.05) is 12.8 Å². The molecule has 0 saturated carbocycles. The van der Waals surface area contributed by atoms with Gasteiger partial charge in [-0.1, -0.05) is 0 Å². The Labute approximate surface area is 124 Å². The average Bonchev–Trinajstić information content (AvgIpc) is 3.04. The van der Waals surface area contributed by atoms with Crippen molar-refractivity contribution in [2.24, 2.45) is 0 Å². The number of ether oxygens (including phenoxy) is 6. The van der Waals surface area contributed by atoms with Crippen molar-refractivity contribution in [1.29, 1.82) is 0 Å². The molecule has 0 N–H and O–H groups in total. The summed E-state index contributed by atoms with van der Waals surface area (Å²) in [5.74, 6) is -0.895. The first-order valence-corrected chi connectivity index (χ1v) is 6.59. The summed E-state index contributed by atoms with van der Waals surface area (Å²) in [5.41, 5.74) is 0. The lowest BCUT2D eigenvalue weighted by Crippen LogP contribution is -2.22. The molecule has 0 bridgehead atoms. The van der Waals surface area contributed by atoms with Crippen LogP contribution in [0.4, 0.5) is 9.59 Å². The first kappa shape index (κ1) is 15.9. The summed E-state index contributed by atoms with van der Waals surface area (Å²) in [7, 11) is 0. The lowest BCUT2D eigenvalue weighted by atomic mass is 10.3. The molecule has 2 heterocycles. The first-order valence-electron chi connectivity index (χ1n) is 6.59. The maximum Gasteiger partial charge on any atom is 0.511 e. The van der Waals surface area contributed by atoms with Crippen LogP contribution in [0.25, 0.3) is 0 Å². The zero-order valence-electron chi connectivity index (χ0n) is 11.5. The lowest BCUT2D eigenvalue weighted by molar-refractivity contribution is -0.159. The fourth-order valence-electron chi connectivity index (χ4n) is 1.70. The number of carbonyl (C=O) groups is 4. The summed E-state index contributed by atoms with van der Waals surface area (Å²) < 4.78 is 27.9. The van der Waals surface area contributed by atoms with Crippen molar-refractivity contribution in [3.05, 3.63) is 0 Å². The van der Waals surface area contributed by atoms with Crippen molar-refractivity contribution in [1.82, 2.24) is 0 Å². The third kappa shape index (κ3) is 5.11. The minimum atomic E-state index is -1.04. The molecular formula is C12H14O10. The Morgan fingerprint density at radius 2 is 1.27 bits per heavy atom. The Bertz CT molecular complexity index is 417. The van der Waals surface area contributed by atoms with Crippen molar-refractivity contribution in [2.75, 3.05) is 13.2 Å². The van der Waals surface area contributed by atoms with Crippen LogP contribution in [-0.4, -0.2) is 50.0 Å². The van der Waals surface area contributed by atoms with E-state index in [9.17, 15) is 19.2 Å². The van der Waals surface area contributed by atoms with Crippen molar-refractivity contribution in [3.63, 3.8) is 0 Å². The van der Waals surface area contributed by atoms with Crippen molar-refractivity contribution in [3.8, 4) is 0 Å². The van der Waals surface area contributed by atoms with Crippen molar-refractivity contribution < 1.29 is 47.6 Å². The van der Waals surface area contributed by atoms with Crippen LogP contribution in [-0.2, 0) is 38.0 Å². The molecule has 0 aliphatic carbocycles. The van der Waals surface area contributed by atoms with Gasteiger partial charge in [-0.3, -0.25) is 9.59 Å². The molecule has 0 radical (unpaired) electrons. The summed E-state index contributed by atoms with van der Waals surface area (Å²) in [6.07, 6.45) is -3.06. The normalized spacial score (nSPS) is 23.5. The highest BCUT2D eigenvalue weighted by atomic mass is 16.8. The molecule has 2 aliphatic heterocycles. The molecule has 0 spiro atoms. The van der Waals surface area contributed by atoms with E-state index in [4.69, 9.17) is 0 Å². The summed E-state index contributed by atoms with van der Waals surface area (Å²) in [5, 5.41) is 0. The number of carbonyl (C=O) groups excluding carboxylic acids is 4. The summed E-state index contributed by atoms with van der Waals surface area (Å²) in [6, 6.07) is 0. The summed E-state index contributed by atoms with van der Waals surface area (Å²) in [4.78, 5) is 44.0. The van der Waals surface area contributed by atoms with Gasteiger partial charge in [0.1, 0.15) is 13.2 Å². The third-order valence-electron chi connectivity index (χ3n) is 2.67. The number of cyclic esters (lactones) is 2. The molecule has 0 aromatic heterocycles. The van der Waals surface area contributed by atoms with Crippen LogP contribution in [0.3, 0.4) is 0 Å². The fourth-order valence-corrected chi connectivity index (χ4v) is 1.70. The second-order valence-corrected chi connectivity index (χ2v) is 4.35. The highest BCUT2D eigenvalue weighted by molar-refractivity contribution is 5.72. The zero-order valence-corrected chi connectivity index (χ0v) is 11.5. The molecule has 122 valence electrons. The van der Waals surface area contributed by atoms with E-state index in [0.717, 1.165) is 0 Å². The molecule has 22 heavy (non-hydrogen) atoms. The molecule has 0 aromatic rings. The molecule has 2 fully saturated rings. The Kier molecular flexibility index (Phi) is 5.39. The van der Waals surface area contributed by atoms with E-state index in [2.05, 4.69) is 28.4 Å². The molecule has 0 aromatic carbocycles. The van der Waals surface area contributed by atoms with Crippen LogP contribution in [0.5, 0.6) is 0 Å². The standard InChI is InChI=1S/C12H14O10/c13-7-1-3-9(19-7)21-11(15)17-5-6-18-12(16)22-10-4-2-8(14)20-10/h9-10H,1-6H2. The number of rotatable bonds is 5. The van der Waals surface area contributed by atoms with Gasteiger partial charge in [-0.15, -0.1) is 0 Å². The van der Waals surface area contributed by atoms with Crippen LogP contribution in [0.1, 0.15) is 25.7 Å². The monoisotopic (exact) mass is 318 g/mol. The zero-order chi connectivity index (χ0) is 15.9. The third-order valence-corrected chi connectivity index (χ3v) is 2.67. The maximum absolute atomic E-state index is 11.2. The highest BCUT2D eigenvalue weighted by Gasteiger charge is 2.28. The predicted molar refractivity (Wildman–Crippen MR) is 63.1 cm³/mol. The van der Waals surface area contributed by atoms with E-state index >= 15 is 0 Å². The topological polar surface area (TPSA) is 124 Å². The molecule has 2 unspecified atom stereocenters. The second-order valence-electron chi connectivity index (χ2n) is 4.35. The Hall–Kier alpha value is -2.52. The number of hydrogen-bond acceptors (Lipinski definition) is 10. The molecule has 10 nitrogen and oxygen atoms in total. The molecule has 2 saturated heterocycles. The molecule has 2 aliphatic rings. The first-order chi connectivity index (χ1) is 10.5. The fraction of sp³-hybridized carbons (Fsp3) is 0.667. The largest absolute Gasteiger partial charge is 0.511 e. The quantitative estimate of drug-likeness (QED) is 0.404.